The Morgan fingerprint density at radius 1 is 1.20 bits per heavy atom. The number of phenolic OH excluding ortho intramolecular Hbond substituents is 1. The number of hydrazone groups is 1. The van der Waals surface area contributed by atoms with Gasteiger partial charge in [0, 0.05) is 11.4 Å². The van der Waals surface area contributed by atoms with Gasteiger partial charge in [0.15, 0.2) is 11.5 Å². The molecule has 0 amide bonds. The van der Waals surface area contributed by atoms with Crippen LogP contribution in [0.4, 0.5) is 0 Å². The summed E-state index contributed by atoms with van der Waals surface area (Å²) in [6, 6.07) is 10.9. The normalized spacial score (nSPS) is 15.5. The number of ether oxygens (including phenoxy) is 1. The van der Waals surface area contributed by atoms with Crippen molar-refractivity contribution in [1.29, 1.82) is 0 Å². The van der Waals surface area contributed by atoms with Gasteiger partial charge < -0.3 is 20.4 Å². The zero-order chi connectivity index (χ0) is 21.4. The Morgan fingerprint density at radius 3 is 2.70 bits per heavy atom. The van der Waals surface area contributed by atoms with E-state index in [1.54, 1.807) is 30.3 Å². The predicted molar refractivity (Wildman–Crippen MR) is 111 cm³/mol. The first kappa shape index (κ1) is 19.6. The molecule has 1 aliphatic rings. The van der Waals surface area contributed by atoms with E-state index >= 15 is 0 Å². The maximum Gasteiger partial charge on any atom is 0.335 e. The number of nitrogens with one attached hydrogen (secondary N) is 2. The summed E-state index contributed by atoms with van der Waals surface area (Å²) in [5.41, 5.74) is 2.49. The van der Waals surface area contributed by atoms with Crippen LogP contribution >= 0.6 is 11.6 Å². The third-order valence-corrected chi connectivity index (χ3v) is 5.03. The monoisotopic (exact) mass is 428 g/mol. The lowest BCUT2D eigenvalue weighted by Gasteiger charge is -2.13. The summed E-state index contributed by atoms with van der Waals surface area (Å²) in [6.45, 7) is 0. The lowest BCUT2D eigenvalue weighted by atomic mass is 9.99. The Balaban J connectivity index is 1.72. The van der Waals surface area contributed by atoms with Crippen molar-refractivity contribution in [2.75, 3.05) is 7.11 Å². The van der Waals surface area contributed by atoms with Crippen LogP contribution in [0.2, 0.25) is 5.02 Å². The molecule has 4 rings (SSSR count). The van der Waals surface area contributed by atoms with E-state index in [2.05, 4.69) is 15.5 Å². The molecule has 9 nitrogen and oxygen atoms in total. The number of phenols is 1. The summed E-state index contributed by atoms with van der Waals surface area (Å²) in [5, 5.41) is 25.3. The van der Waals surface area contributed by atoms with Gasteiger partial charge in [0.05, 0.1) is 24.6 Å². The van der Waals surface area contributed by atoms with Gasteiger partial charge in [0.2, 0.25) is 5.88 Å². The minimum atomic E-state index is -0.799. The van der Waals surface area contributed by atoms with Crippen LogP contribution in [0, 0.1) is 0 Å². The Kier molecular flexibility index (Phi) is 4.96. The van der Waals surface area contributed by atoms with Gasteiger partial charge in [0.1, 0.15) is 5.56 Å². The van der Waals surface area contributed by atoms with Gasteiger partial charge in [-0.25, -0.2) is 9.36 Å². The first-order valence-electron chi connectivity index (χ1n) is 8.92. The number of halogens is 1. The molecule has 0 fully saturated rings. The van der Waals surface area contributed by atoms with Crippen LogP contribution < -0.4 is 21.4 Å². The standard InChI is InChI=1S/C20H17ClN4O5/c1-30-16-6-5-10(7-15(16)26)13-9-14(24-23-13)17-18(27)22-20(29)25(19(17)28)12-4-2-3-11(21)8-12/h2-8,13,23,26,28H,9H2,1H3,(H,22,27,29)/t13-/m1/s1. The van der Waals surface area contributed by atoms with Crippen LogP contribution in [0.15, 0.2) is 57.2 Å². The molecular weight excluding hydrogens is 412 g/mol. The molecule has 30 heavy (non-hydrogen) atoms. The number of methoxy groups -OCH3 is 1. The minimum absolute atomic E-state index is 0.0274. The Labute approximate surface area is 174 Å². The second-order valence-corrected chi connectivity index (χ2v) is 7.09. The highest BCUT2D eigenvalue weighted by molar-refractivity contribution is 6.30. The van der Waals surface area contributed by atoms with E-state index in [4.69, 9.17) is 16.3 Å². The molecule has 0 aliphatic carbocycles. The summed E-state index contributed by atoms with van der Waals surface area (Å²) in [5.74, 6) is -0.231. The van der Waals surface area contributed by atoms with Gasteiger partial charge in [-0.1, -0.05) is 23.7 Å². The molecule has 3 aromatic rings. The maximum atomic E-state index is 12.5. The molecule has 0 bridgehead atoms. The number of hydrogen-bond donors (Lipinski definition) is 4. The van der Waals surface area contributed by atoms with Gasteiger partial charge in [-0.15, -0.1) is 0 Å². The zero-order valence-electron chi connectivity index (χ0n) is 15.7. The average molecular weight is 429 g/mol. The van der Waals surface area contributed by atoms with E-state index in [0.717, 1.165) is 4.57 Å². The topological polar surface area (TPSA) is 129 Å². The van der Waals surface area contributed by atoms with Gasteiger partial charge >= 0.3 is 5.69 Å². The fraction of sp³-hybridized carbons (Fsp3) is 0.150. The molecular formula is C20H17ClN4O5. The molecule has 1 aliphatic heterocycles. The molecule has 2 aromatic carbocycles. The number of aromatic amines is 1. The van der Waals surface area contributed by atoms with Crippen molar-refractivity contribution in [3.05, 3.63) is 79.5 Å². The lowest BCUT2D eigenvalue weighted by Crippen LogP contribution is -2.33. The number of aromatic nitrogens is 2. The molecule has 154 valence electrons. The van der Waals surface area contributed by atoms with E-state index in [-0.39, 0.29) is 29.5 Å². The highest BCUT2D eigenvalue weighted by atomic mass is 35.5. The molecule has 0 unspecified atom stereocenters. The van der Waals surface area contributed by atoms with Crippen molar-refractivity contribution < 1.29 is 14.9 Å². The van der Waals surface area contributed by atoms with E-state index in [1.807, 2.05) is 0 Å². The van der Waals surface area contributed by atoms with E-state index in [1.165, 1.54) is 19.2 Å². The van der Waals surface area contributed by atoms with Crippen molar-refractivity contribution >= 4 is 17.3 Å². The Bertz CT molecular complexity index is 1280. The maximum absolute atomic E-state index is 12.5. The molecule has 10 heteroatoms. The second kappa shape index (κ2) is 7.60. The number of hydrogen-bond acceptors (Lipinski definition) is 7. The SMILES string of the molecule is COc1ccc([C@H]2CC(c3c(O)n(-c4cccc(Cl)c4)c(=O)[nH]c3=O)=NN2)cc1O. The number of aromatic hydroxyl groups is 2. The summed E-state index contributed by atoms with van der Waals surface area (Å²) in [6.07, 6.45) is 0.246. The lowest BCUT2D eigenvalue weighted by molar-refractivity contribution is 0.372. The van der Waals surface area contributed by atoms with Crippen molar-refractivity contribution in [3.63, 3.8) is 0 Å². The Morgan fingerprint density at radius 2 is 2.00 bits per heavy atom. The number of nitrogens with zero attached hydrogens (tertiary/aromatic N) is 2. The van der Waals surface area contributed by atoms with Gasteiger partial charge in [-0.05, 0) is 35.9 Å². The third kappa shape index (κ3) is 3.39. The minimum Gasteiger partial charge on any atom is -0.504 e. The smallest absolute Gasteiger partial charge is 0.335 e. The molecule has 1 aromatic heterocycles. The number of H-pyrrole nitrogens is 1. The van der Waals surface area contributed by atoms with Crippen LogP contribution in [0.25, 0.3) is 5.69 Å². The molecule has 1 atom stereocenters. The van der Waals surface area contributed by atoms with Crippen LogP contribution in [0.5, 0.6) is 17.4 Å². The molecule has 0 spiro atoms. The van der Waals surface area contributed by atoms with Gasteiger partial charge in [0.25, 0.3) is 5.56 Å². The van der Waals surface area contributed by atoms with E-state index < -0.39 is 17.1 Å². The highest BCUT2D eigenvalue weighted by Gasteiger charge is 2.28. The quantitative estimate of drug-likeness (QED) is 0.503. The molecule has 4 N–H and O–H groups in total. The first-order chi connectivity index (χ1) is 14.4. The van der Waals surface area contributed by atoms with Crippen molar-refractivity contribution in [2.45, 2.75) is 12.5 Å². The van der Waals surface area contributed by atoms with Crippen LogP contribution in [0.1, 0.15) is 23.6 Å². The fourth-order valence-electron chi connectivity index (χ4n) is 3.35. The number of rotatable bonds is 4. The third-order valence-electron chi connectivity index (χ3n) is 4.80. The van der Waals surface area contributed by atoms with Crippen molar-refractivity contribution in [3.8, 4) is 23.1 Å². The largest absolute Gasteiger partial charge is 0.504 e. The van der Waals surface area contributed by atoms with E-state index in [9.17, 15) is 19.8 Å². The van der Waals surface area contributed by atoms with Crippen LogP contribution in [-0.2, 0) is 0 Å². The molecule has 2 heterocycles. The first-order valence-corrected chi connectivity index (χ1v) is 9.30. The fourth-order valence-corrected chi connectivity index (χ4v) is 3.54. The molecule has 0 saturated carbocycles. The van der Waals surface area contributed by atoms with Crippen LogP contribution in [0.3, 0.4) is 0 Å². The second-order valence-electron chi connectivity index (χ2n) is 6.65. The summed E-state index contributed by atoms with van der Waals surface area (Å²) < 4.78 is 6.00. The summed E-state index contributed by atoms with van der Waals surface area (Å²) in [7, 11) is 1.45. The van der Waals surface area contributed by atoms with Gasteiger partial charge in [-0.2, -0.15) is 5.10 Å². The van der Waals surface area contributed by atoms with Gasteiger partial charge in [-0.3, -0.25) is 9.78 Å². The predicted octanol–water partition coefficient (Wildman–Crippen LogP) is 2.04. The van der Waals surface area contributed by atoms with E-state index in [0.29, 0.717) is 22.0 Å². The summed E-state index contributed by atoms with van der Waals surface area (Å²) >= 11 is 5.99. The summed E-state index contributed by atoms with van der Waals surface area (Å²) in [4.78, 5) is 27.0. The highest BCUT2D eigenvalue weighted by Crippen LogP contribution is 2.32. The van der Waals surface area contributed by atoms with Crippen molar-refractivity contribution in [1.82, 2.24) is 15.0 Å². The van der Waals surface area contributed by atoms with Crippen molar-refractivity contribution in [2.24, 2.45) is 5.10 Å². The number of benzene rings is 2. The van der Waals surface area contributed by atoms with Crippen LogP contribution in [-0.4, -0.2) is 32.6 Å². The Hall–Kier alpha value is -3.72. The molecule has 0 saturated heterocycles. The molecule has 0 radical (unpaired) electrons. The average Bonchev–Trinajstić information content (AvgIpc) is 3.17. The zero-order valence-corrected chi connectivity index (χ0v) is 16.5.